The molecule has 0 radical (unpaired) electrons. The summed E-state index contributed by atoms with van der Waals surface area (Å²) in [5.74, 6) is -0.575. The first-order valence-electron chi connectivity index (χ1n) is 12.9. The Morgan fingerprint density at radius 1 is 1.05 bits per heavy atom. The topological polar surface area (TPSA) is 94.0 Å². The maximum absolute atomic E-state index is 13.8. The highest BCUT2D eigenvalue weighted by atomic mass is 35.5. The minimum atomic E-state index is -3.76. The molecule has 3 aliphatic heterocycles. The number of hydrogen-bond donors (Lipinski definition) is 0. The fourth-order valence-electron chi connectivity index (χ4n) is 5.78. The number of sulfone groups is 1. The monoisotopic (exact) mass is 554 g/mol. The summed E-state index contributed by atoms with van der Waals surface area (Å²) in [4.78, 5) is 18.0. The predicted octanol–water partition coefficient (Wildman–Crippen LogP) is 2.93. The van der Waals surface area contributed by atoms with Crippen LogP contribution < -0.4 is 0 Å². The number of carbonyl (C=O) groups is 1. The molecular weight excluding hydrogens is 528 g/mol. The van der Waals surface area contributed by atoms with E-state index in [2.05, 4.69) is 17.0 Å². The van der Waals surface area contributed by atoms with Crippen LogP contribution >= 0.6 is 11.6 Å². The zero-order chi connectivity index (χ0) is 26.0. The van der Waals surface area contributed by atoms with Gasteiger partial charge in [-0.15, -0.1) is 0 Å². The summed E-state index contributed by atoms with van der Waals surface area (Å²) >= 11 is 6.41. The lowest BCUT2D eigenvalue weighted by Crippen LogP contribution is -2.41. The molecule has 7 rings (SSSR count). The Hall–Kier alpha value is -2.76. The van der Waals surface area contributed by atoms with Gasteiger partial charge >= 0.3 is 0 Å². The maximum Gasteiger partial charge on any atom is 0.275 e. The molecule has 1 amide bonds. The molecule has 9 nitrogen and oxygen atoms in total. The zero-order valence-corrected chi connectivity index (χ0v) is 22.2. The highest BCUT2D eigenvalue weighted by Gasteiger charge is 2.49. The van der Waals surface area contributed by atoms with E-state index < -0.39 is 9.84 Å². The number of halogens is 1. The number of morpholine rings is 2. The molecule has 0 bridgehead atoms. The van der Waals surface area contributed by atoms with Crippen LogP contribution in [0.5, 0.6) is 0 Å². The van der Waals surface area contributed by atoms with E-state index in [0.29, 0.717) is 30.0 Å². The standard InChI is InChI=1S/C27H27ClN4O5S/c28-21-3-1-2-19-25-20(16-38(34,35)26(19)21)24(27(33)31-10-13-37-23-14-22(23)31)29-32(25)18-6-4-17(5-7-18)15-30-8-11-36-12-9-30/h1-7,22-23H,8-16H2. The molecule has 3 fully saturated rings. The molecule has 2 aromatic carbocycles. The van der Waals surface area contributed by atoms with Gasteiger partial charge < -0.3 is 14.4 Å². The van der Waals surface area contributed by atoms with Crippen molar-refractivity contribution in [2.24, 2.45) is 0 Å². The van der Waals surface area contributed by atoms with Crippen LogP contribution in [0.3, 0.4) is 0 Å². The molecule has 2 saturated heterocycles. The van der Waals surface area contributed by atoms with Gasteiger partial charge in [-0.3, -0.25) is 9.69 Å². The molecule has 3 aromatic rings. The van der Waals surface area contributed by atoms with Crippen LogP contribution in [0.2, 0.25) is 5.02 Å². The van der Waals surface area contributed by atoms with Gasteiger partial charge in [0.15, 0.2) is 15.5 Å². The summed E-state index contributed by atoms with van der Waals surface area (Å²) < 4.78 is 39.6. The van der Waals surface area contributed by atoms with Crippen molar-refractivity contribution in [2.75, 3.05) is 39.5 Å². The molecule has 2 atom stereocenters. The first-order chi connectivity index (χ1) is 18.4. The molecule has 1 saturated carbocycles. The number of nitrogens with zero attached hydrogens (tertiary/aromatic N) is 4. The summed E-state index contributed by atoms with van der Waals surface area (Å²) in [6.45, 7) is 5.03. The zero-order valence-electron chi connectivity index (χ0n) is 20.7. The van der Waals surface area contributed by atoms with Gasteiger partial charge in [-0.05, 0) is 30.2 Å². The van der Waals surface area contributed by atoms with Gasteiger partial charge in [0, 0.05) is 37.3 Å². The van der Waals surface area contributed by atoms with Crippen LogP contribution in [-0.4, -0.2) is 85.5 Å². The van der Waals surface area contributed by atoms with Gasteiger partial charge in [0.25, 0.3) is 5.91 Å². The maximum atomic E-state index is 13.8. The number of carbonyl (C=O) groups excluding carboxylic acids is 1. The fraction of sp³-hybridized carbons (Fsp3) is 0.407. The summed E-state index contributed by atoms with van der Waals surface area (Å²) in [7, 11) is -3.76. The Balaban J connectivity index is 1.33. The second-order valence-corrected chi connectivity index (χ2v) is 12.6. The molecule has 1 aliphatic carbocycles. The lowest BCUT2D eigenvalue weighted by atomic mass is 10.0. The smallest absolute Gasteiger partial charge is 0.275 e. The summed E-state index contributed by atoms with van der Waals surface area (Å²) in [5, 5.41) is 4.95. The number of hydrogen-bond acceptors (Lipinski definition) is 7. The molecule has 11 heteroatoms. The van der Waals surface area contributed by atoms with Crippen LogP contribution in [0.1, 0.15) is 28.0 Å². The van der Waals surface area contributed by atoms with Crippen LogP contribution in [0.4, 0.5) is 0 Å². The SMILES string of the molecule is O=C(c1nn(-c2ccc(CN3CCOCC3)cc2)c2c1CS(=O)(=O)c1c(Cl)cccc1-2)N1CCOC2CC21. The number of rotatable bonds is 4. The van der Waals surface area contributed by atoms with E-state index >= 15 is 0 Å². The number of fused-ring (bicyclic) bond motifs is 4. The van der Waals surface area contributed by atoms with Gasteiger partial charge in [-0.2, -0.15) is 5.10 Å². The van der Waals surface area contributed by atoms with Crippen molar-refractivity contribution in [3.05, 3.63) is 64.3 Å². The normalized spacial score (nSPS) is 23.9. The highest BCUT2D eigenvalue weighted by molar-refractivity contribution is 7.91. The van der Waals surface area contributed by atoms with E-state index in [0.717, 1.165) is 50.5 Å². The van der Waals surface area contributed by atoms with Crippen molar-refractivity contribution in [2.45, 2.75) is 35.8 Å². The molecule has 198 valence electrons. The Morgan fingerprint density at radius 3 is 2.63 bits per heavy atom. The van der Waals surface area contributed by atoms with Crippen LogP contribution in [0.25, 0.3) is 16.9 Å². The number of ether oxygens (including phenoxy) is 2. The van der Waals surface area contributed by atoms with Gasteiger partial charge in [-0.1, -0.05) is 35.9 Å². The second kappa shape index (κ2) is 9.17. The van der Waals surface area contributed by atoms with Crippen molar-refractivity contribution in [3.8, 4) is 16.9 Å². The predicted molar refractivity (Wildman–Crippen MR) is 140 cm³/mol. The van der Waals surface area contributed by atoms with Crippen molar-refractivity contribution in [1.82, 2.24) is 19.6 Å². The minimum Gasteiger partial charge on any atom is -0.379 e. The molecule has 4 heterocycles. The first kappa shape index (κ1) is 24.3. The minimum absolute atomic E-state index is 0.0263. The highest BCUT2D eigenvalue weighted by Crippen LogP contribution is 2.44. The number of aromatic nitrogens is 2. The van der Waals surface area contributed by atoms with E-state index in [-0.39, 0.29) is 39.4 Å². The summed E-state index contributed by atoms with van der Waals surface area (Å²) in [5.41, 5.74) is 3.58. The first-order valence-corrected chi connectivity index (χ1v) is 14.9. The summed E-state index contributed by atoms with van der Waals surface area (Å²) in [6, 6.07) is 13.1. The van der Waals surface area contributed by atoms with E-state index in [1.54, 1.807) is 27.8 Å². The average molecular weight is 555 g/mol. The van der Waals surface area contributed by atoms with E-state index in [1.165, 1.54) is 0 Å². The van der Waals surface area contributed by atoms with Crippen molar-refractivity contribution >= 4 is 27.3 Å². The van der Waals surface area contributed by atoms with E-state index in [1.807, 2.05) is 12.1 Å². The van der Waals surface area contributed by atoms with Gasteiger partial charge in [0.05, 0.1) is 59.0 Å². The molecule has 0 spiro atoms. The second-order valence-electron chi connectivity index (χ2n) is 10.2. The van der Waals surface area contributed by atoms with Crippen LogP contribution in [0.15, 0.2) is 47.4 Å². The lowest BCUT2D eigenvalue weighted by molar-refractivity contribution is 0.0258. The van der Waals surface area contributed by atoms with E-state index in [9.17, 15) is 13.2 Å². The Kier molecular flexibility index (Phi) is 5.86. The largest absolute Gasteiger partial charge is 0.379 e. The summed E-state index contributed by atoms with van der Waals surface area (Å²) in [6.07, 6.45) is 0.864. The third-order valence-corrected chi connectivity index (χ3v) is 9.93. The molecule has 2 unspecified atom stereocenters. The Morgan fingerprint density at radius 2 is 1.84 bits per heavy atom. The Labute approximate surface area is 225 Å². The Bertz CT molecular complexity index is 1530. The molecule has 1 aromatic heterocycles. The van der Waals surface area contributed by atoms with Gasteiger partial charge in [0.2, 0.25) is 0 Å². The number of amides is 1. The average Bonchev–Trinajstić information content (AvgIpc) is 3.62. The van der Waals surface area contributed by atoms with Crippen molar-refractivity contribution in [3.63, 3.8) is 0 Å². The third kappa shape index (κ3) is 4.06. The van der Waals surface area contributed by atoms with Crippen LogP contribution in [0, 0.1) is 0 Å². The molecule has 0 N–H and O–H groups in total. The van der Waals surface area contributed by atoms with Crippen molar-refractivity contribution in [1.29, 1.82) is 0 Å². The quantitative estimate of drug-likeness (QED) is 0.489. The molecule has 4 aliphatic rings. The van der Waals surface area contributed by atoms with Crippen LogP contribution in [-0.2, 0) is 31.6 Å². The third-order valence-electron chi connectivity index (χ3n) is 7.77. The van der Waals surface area contributed by atoms with Crippen molar-refractivity contribution < 1.29 is 22.7 Å². The van der Waals surface area contributed by atoms with Gasteiger partial charge in [0.1, 0.15) is 0 Å². The lowest BCUT2D eigenvalue weighted by Gasteiger charge is -2.26. The molecule has 38 heavy (non-hydrogen) atoms. The number of benzene rings is 2. The van der Waals surface area contributed by atoms with Gasteiger partial charge in [-0.25, -0.2) is 13.1 Å². The molecular formula is C27H27ClN4O5S. The van der Waals surface area contributed by atoms with E-state index in [4.69, 9.17) is 26.2 Å². The fourth-order valence-corrected chi connectivity index (χ4v) is 7.97.